The van der Waals surface area contributed by atoms with Gasteiger partial charge in [-0.05, 0) is 17.7 Å². The van der Waals surface area contributed by atoms with Crippen molar-refractivity contribution in [3.05, 3.63) is 22.7 Å². The van der Waals surface area contributed by atoms with Gasteiger partial charge in [-0.1, -0.05) is 32.4 Å². The third-order valence-electron chi connectivity index (χ3n) is 2.99. The van der Waals surface area contributed by atoms with E-state index in [1.807, 2.05) is 12.1 Å². The number of hydrogen-bond donors (Lipinski definition) is 1. The number of amides is 1. The summed E-state index contributed by atoms with van der Waals surface area (Å²) in [5.41, 5.74) is 0.906. The SMILES string of the molecule is CC(C)(C)SCC(=O)NCc1cc(Cl)c2c(c1)OCCCO2. The van der Waals surface area contributed by atoms with E-state index in [0.717, 1.165) is 12.0 Å². The van der Waals surface area contributed by atoms with Crippen molar-refractivity contribution in [2.45, 2.75) is 38.5 Å². The predicted molar refractivity (Wildman–Crippen MR) is 91.1 cm³/mol. The zero-order valence-electron chi connectivity index (χ0n) is 13.2. The smallest absolute Gasteiger partial charge is 0.230 e. The molecule has 22 heavy (non-hydrogen) atoms. The molecule has 1 aromatic rings. The highest BCUT2D eigenvalue weighted by molar-refractivity contribution is 8.01. The molecular formula is C16H22ClNO3S. The quantitative estimate of drug-likeness (QED) is 0.906. The third kappa shape index (κ3) is 5.29. The molecule has 0 atom stereocenters. The summed E-state index contributed by atoms with van der Waals surface area (Å²) in [6, 6.07) is 3.69. The average molecular weight is 344 g/mol. The van der Waals surface area contributed by atoms with Crippen LogP contribution in [0, 0.1) is 0 Å². The van der Waals surface area contributed by atoms with Gasteiger partial charge in [0.15, 0.2) is 11.5 Å². The normalized spacial score (nSPS) is 14.4. The molecule has 0 bridgehead atoms. The van der Waals surface area contributed by atoms with E-state index in [1.54, 1.807) is 11.8 Å². The molecule has 1 aromatic carbocycles. The molecule has 1 N–H and O–H groups in total. The zero-order valence-corrected chi connectivity index (χ0v) is 14.8. The van der Waals surface area contributed by atoms with E-state index in [-0.39, 0.29) is 10.7 Å². The second-order valence-corrected chi connectivity index (χ2v) is 8.34. The van der Waals surface area contributed by atoms with Crippen LogP contribution in [0.3, 0.4) is 0 Å². The van der Waals surface area contributed by atoms with Gasteiger partial charge in [-0.25, -0.2) is 0 Å². The maximum atomic E-state index is 11.9. The van der Waals surface area contributed by atoms with E-state index in [4.69, 9.17) is 21.1 Å². The second-order valence-electron chi connectivity index (χ2n) is 6.13. The monoisotopic (exact) mass is 343 g/mol. The molecule has 0 fully saturated rings. The molecule has 6 heteroatoms. The van der Waals surface area contributed by atoms with Crippen molar-refractivity contribution in [1.29, 1.82) is 0 Å². The third-order valence-corrected chi connectivity index (χ3v) is 4.54. The van der Waals surface area contributed by atoms with Crippen LogP contribution in [0.15, 0.2) is 12.1 Å². The zero-order chi connectivity index (χ0) is 16.2. The fraction of sp³-hybridized carbons (Fsp3) is 0.562. The minimum Gasteiger partial charge on any atom is -0.489 e. The second kappa shape index (κ2) is 7.47. The highest BCUT2D eigenvalue weighted by Crippen LogP contribution is 2.37. The van der Waals surface area contributed by atoms with E-state index in [1.165, 1.54) is 0 Å². The summed E-state index contributed by atoms with van der Waals surface area (Å²) in [4.78, 5) is 11.9. The fourth-order valence-electron chi connectivity index (χ4n) is 1.92. The first-order chi connectivity index (χ1) is 10.3. The Morgan fingerprint density at radius 1 is 1.32 bits per heavy atom. The molecule has 1 amide bonds. The lowest BCUT2D eigenvalue weighted by Gasteiger charge is -2.17. The lowest BCUT2D eigenvalue weighted by Crippen LogP contribution is -2.26. The Bertz CT molecular complexity index is 543. The number of carbonyl (C=O) groups excluding carboxylic acids is 1. The number of hydrogen-bond acceptors (Lipinski definition) is 4. The van der Waals surface area contributed by atoms with E-state index in [0.29, 0.717) is 42.0 Å². The van der Waals surface area contributed by atoms with E-state index < -0.39 is 0 Å². The molecule has 0 spiro atoms. The molecule has 1 heterocycles. The van der Waals surface area contributed by atoms with Gasteiger partial charge in [-0.15, -0.1) is 11.8 Å². The van der Waals surface area contributed by atoms with Crippen LogP contribution in [0.4, 0.5) is 0 Å². The van der Waals surface area contributed by atoms with Crippen LogP contribution in [-0.2, 0) is 11.3 Å². The van der Waals surface area contributed by atoms with Crippen molar-refractivity contribution in [3.8, 4) is 11.5 Å². The summed E-state index contributed by atoms with van der Waals surface area (Å²) in [5, 5.41) is 3.43. The summed E-state index contributed by atoms with van der Waals surface area (Å²) in [6.45, 7) is 7.92. The summed E-state index contributed by atoms with van der Waals surface area (Å²) >= 11 is 7.86. The number of benzene rings is 1. The van der Waals surface area contributed by atoms with Crippen LogP contribution in [0.2, 0.25) is 5.02 Å². The maximum Gasteiger partial charge on any atom is 0.230 e. The van der Waals surface area contributed by atoms with Crippen molar-refractivity contribution in [2.75, 3.05) is 19.0 Å². The fourth-order valence-corrected chi connectivity index (χ4v) is 2.87. The molecule has 0 unspecified atom stereocenters. The molecule has 122 valence electrons. The highest BCUT2D eigenvalue weighted by atomic mass is 35.5. The van der Waals surface area contributed by atoms with Gasteiger partial charge in [-0.2, -0.15) is 0 Å². The number of thioether (sulfide) groups is 1. The number of carbonyl (C=O) groups is 1. The van der Waals surface area contributed by atoms with Crippen LogP contribution in [0.1, 0.15) is 32.8 Å². The van der Waals surface area contributed by atoms with Crippen LogP contribution in [0.25, 0.3) is 0 Å². The van der Waals surface area contributed by atoms with E-state index in [2.05, 4.69) is 26.1 Å². The first kappa shape index (κ1) is 17.3. The summed E-state index contributed by atoms with van der Waals surface area (Å²) in [7, 11) is 0. The first-order valence-electron chi connectivity index (χ1n) is 7.34. The molecule has 0 saturated carbocycles. The first-order valence-corrected chi connectivity index (χ1v) is 8.70. The molecule has 4 nitrogen and oxygen atoms in total. The Morgan fingerprint density at radius 3 is 2.77 bits per heavy atom. The Balaban J connectivity index is 1.94. The predicted octanol–water partition coefficient (Wildman–Crippen LogP) is 3.65. The summed E-state index contributed by atoms with van der Waals surface area (Å²) in [5.74, 6) is 1.71. The summed E-state index contributed by atoms with van der Waals surface area (Å²) < 4.78 is 11.3. The number of halogens is 1. The highest BCUT2D eigenvalue weighted by Gasteiger charge is 2.16. The number of nitrogens with one attached hydrogen (secondary N) is 1. The molecule has 2 rings (SSSR count). The number of rotatable bonds is 4. The Morgan fingerprint density at radius 2 is 2.05 bits per heavy atom. The maximum absolute atomic E-state index is 11.9. The van der Waals surface area contributed by atoms with Gasteiger partial charge >= 0.3 is 0 Å². The minimum atomic E-state index is 0.0168. The Labute approximate surface area is 140 Å². The topological polar surface area (TPSA) is 47.6 Å². The molecule has 1 aliphatic heterocycles. The molecule has 0 saturated heterocycles. The average Bonchev–Trinajstić information content (AvgIpc) is 2.68. The summed E-state index contributed by atoms with van der Waals surface area (Å²) in [6.07, 6.45) is 0.834. The Kier molecular flexibility index (Phi) is 5.87. The van der Waals surface area contributed by atoms with Crippen LogP contribution < -0.4 is 14.8 Å². The van der Waals surface area contributed by atoms with Gasteiger partial charge in [0.2, 0.25) is 5.91 Å². The largest absolute Gasteiger partial charge is 0.489 e. The van der Waals surface area contributed by atoms with Crippen molar-refractivity contribution < 1.29 is 14.3 Å². The molecular weight excluding hydrogens is 322 g/mol. The van der Waals surface area contributed by atoms with Crippen molar-refractivity contribution in [3.63, 3.8) is 0 Å². The van der Waals surface area contributed by atoms with Crippen LogP contribution in [-0.4, -0.2) is 29.6 Å². The van der Waals surface area contributed by atoms with Crippen LogP contribution >= 0.6 is 23.4 Å². The lowest BCUT2D eigenvalue weighted by atomic mass is 10.2. The van der Waals surface area contributed by atoms with Crippen molar-refractivity contribution in [2.24, 2.45) is 0 Å². The van der Waals surface area contributed by atoms with Crippen molar-refractivity contribution in [1.82, 2.24) is 5.32 Å². The van der Waals surface area contributed by atoms with Gasteiger partial charge in [0.1, 0.15) is 0 Å². The van der Waals surface area contributed by atoms with Gasteiger partial charge in [-0.3, -0.25) is 4.79 Å². The molecule has 0 aliphatic carbocycles. The molecule has 0 aromatic heterocycles. The molecule has 1 aliphatic rings. The van der Waals surface area contributed by atoms with Crippen molar-refractivity contribution >= 4 is 29.3 Å². The standard InChI is InChI=1S/C16H22ClNO3S/c1-16(2,3)22-10-14(19)18-9-11-7-12(17)15-13(8-11)20-5-4-6-21-15/h7-8H,4-6,9-10H2,1-3H3,(H,18,19). The molecule has 0 radical (unpaired) electrons. The number of ether oxygens (including phenoxy) is 2. The Hall–Kier alpha value is -1.07. The number of fused-ring (bicyclic) bond motifs is 1. The lowest BCUT2D eigenvalue weighted by molar-refractivity contribution is -0.118. The van der Waals surface area contributed by atoms with E-state index in [9.17, 15) is 4.79 Å². The van der Waals surface area contributed by atoms with Gasteiger partial charge in [0.25, 0.3) is 0 Å². The minimum absolute atomic E-state index is 0.0168. The van der Waals surface area contributed by atoms with Gasteiger partial charge < -0.3 is 14.8 Å². The van der Waals surface area contributed by atoms with Crippen LogP contribution in [0.5, 0.6) is 11.5 Å². The van der Waals surface area contributed by atoms with E-state index >= 15 is 0 Å². The van der Waals surface area contributed by atoms with Gasteiger partial charge in [0, 0.05) is 17.7 Å². The van der Waals surface area contributed by atoms with Gasteiger partial charge in [0.05, 0.1) is 24.0 Å².